The summed E-state index contributed by atoms with van der Waals surface area (Å²) < 4.78 is 0. The summed E-state index contributed by atoms with van der Waals surface area (Å²) in [5.41, 5.74) is 10.2. The van der Waals surface area contributed by atoms with Crippen LogP contribution in [0.15, 0.2) is 121 Å². The average molecular weight is 646 g/mol. The Hall–Kier alpha value is -5.91. The van der Waals surface area contributed by atoms with Gasteiger partial charge in [0.05, 0.1) is 23.3 Å². The second kappa shape index (κ2) is 12.2. The number of nitrogens with zero attached hydrogens (tertiary/aromatic N) is 5. The molecule has 4 saturated carbocycles. The van der Waals surface area contributed by atoms with E-state index in [2.05, 4.69) is 84.9 Å². The predicted octanol–water partition coefficient (Wildman–Crippen LogP) is 10.4. The van der Waals surface area contributed by atoms with Gasteiger partial charge in [-0.3, -0.25) is 0 Å². The molecule has 4 aliphatic rings. The van der Waals surface area contributed by atoms with Gasteiger partial charge in [-0.05, 0) is 114 Å². The van der Waals surface area contributed by atoms with E-state index in [9.17, 15) is 10.5 Å². The lowest BCUT2D eigenvalue weighted by Crippen LogP contribution is -2.48. The number of hydrogen-bond acceptors (Lipinski definition) is 5. The average Bonchev–Trinajstić information content (AvgIpc) is 3.17. The Balaban J connectivity index is 1.07. The van der Waals surface area contributed by atoms with Gasteiger partial charge in [-0.15, -0.1) is 0 Å². The molecule has 50 heavy (non-hydrogen) atoms. The first-order valence-corrected chi connectivity index (χ1v) is 17.6. The summed E-state index contributed by atoms with van der Waals surface area (Å²) >= 11 is 0. The molecule has 0 saturated heterocycles. The van der Waals surface area contributed by atoms with Gasteiger partial charge < -0.3 is 0 Å². The van der Waals surface area contributed by atoms with Gasteiger partial charge in [0.1, 0.15) is 0 Å². The van der Waals surface area contributed by atoms with E-state index in [1.807, 2.05) is 48.5 Å². The summed E-state index contributed by atoms with van der Waals surface area (Å²) in [6.45, 7) is 0. The minimum atomic E-state index is 0.343. The molecule has 0 spiro atoms. The van der Waals surface area contributed by atoms with Crippen LogP contribution in [0.5, 0.6) is 0 Å². The van der Waals surface area contributed by atoms with E-state index >= 15 is 0 Å². The van der Waals surface area contributed by atoms with Gasteiger partial charge in [-0.2, -0.15) is 10.5 Å². The quantitative estimate of drug-likeness (QED) is 0.180. The van der Waals surface area contributed by atoms with Gasteiger partial charge in [0.2, 0.25) is 0 Å². The Bertz CT molecular complexity index is 2120. The van der Waals surface area contributed by atoms with Gasteiger partial charge in [-0.1, -0.05) is 97.1 Å². The number of hydrogen-bond donors (Lipinski definition) is 0. The Morgan fingerprint density at radius 3 is 1.00 bits per heavy atom. The highest BCUT2D eigenvalue weighted by Crippen LogP contribution is 2.60. The van der Waals surface area contributed by atoms with Crippen molar-refractivity contribution in [3.8, 4) is 68.6 Å². The maximum absolute atomic E-state index is 9.19. The fraction of sp³-hybridized carbons (Fsp3) is 0.222. The van der Waals surface area contributed by atoms with E-state index in [0.29, 0.717) is 34.0 Å². The third-order valence-electron chi connectivity index (χ3n) is 11.4. The maximum atomic E-state index is 9.19. The second-order valence-electron chi connectivity index (χ2n) is 14.6. The van der Waals surface area contributed by atoms with Gasteiger partial charge in [0.25, 0.3) is 0 Å². The first-order valence-electron chi connectivity index (χ1n) is 17.6. The summed E-state index contributed by atoms with van der Waals surface area (Å²) in [6, 6.07) is 45.3. The lowest BCUT2D eigenvalue weighted by atomic mass is 9.48. The Morgan fingerprint density at radius 2 is 0.680 bits per heavy atom. The summed E-state index contributed by atoms with van der Waals surface area (Å²) in [7, 11) is 0. The maximum Gasteiger partial charge on any atom is 0.164 e. The van der Waals surface area contributed by atoms with Crippen LogP contribution >= 0.6 is 0 Å². The van der Waals surface area contributed by atoms with Crippen molar-refractivity contribution < 1.29 is 0 Å². The molecule has 5 aromatic carbocycles. The molecule has 1 heterocycles. The molecule has 0 amide bonds. The molecule has 0 atom stereocenters. The van der Waals surface area contributed by atoms with Crippen LogP contribution in [0, 0.1) is 40.4 Å². The monoisotopic (exact) mass is 645 g/mol. The van der Waals surface area contributed by atoms with Gasteiger partial charge in [-0.25, -0.2) is 15.0 Å². The first-order chi connectivity index (χ1) is 24.5. The fourth-order valence-electron chi connectivity index (χ4n) is 9.30. The van der Waals surface area contributed by atoms with E-state index in [-0.39, 0.29) is 0 Å². The normalized spacial score (nSPS) is 21.8. The largest absolute Gasteiger partial charge is 0.208 e. The Labute approximate surface area is 293 Å². The van der Waals surface area contributed by atoms with Crippen molar-refractivity contribution >= 4 is 0 Å². The molecule has 4 fully saturated rings. The van der Waals surface area contributed by atoms with Crippen molar-refractivity contribution in [3.63, 3.8) is 0 Å². The van der Waals surface area contributed by atoms with E-state index in [1.165, 1.54) is 44.1 Å². The SMILES string of the molecule is N#Cc1ccc(-c2ccc(-c3nc(-c4ccc(-c5ccc(C#N)cc5)cc4)nc(-c4ccc(C56CC7CC(CC(C7)C5)C6)cc4)n3)cc2)cc1. The predicted molar refractivity (Wildman–Crippen MR) is 196 cm³/mol. The van der Waals surface area contributed by atoms with Gasteiger partial charge in [0.15, 0.2) is 17.5 Å². The summed E-state index contributed by atoms with van der Waals surface area (Å²) in [6.07, 6.45) is 8.35. The van der Waals surface area contributed by atoms with E-state index in [4.69, 9.17) is 15.0 Å². The van der Waals surface area contributed by atoms with E-state index in [1.54, 1.807) is 0 Å². The highest BCUT2D eigenvalue weighted by Gasteiger charge is 2.51. The van der Waals surface area contributed by atoms with Crippen molar-refractivity contribution in [2.24, 2.45) is 17.8 Å². The molecule has 4 aliphatic carbocycles. The fourth-order valence-corrected chi connectivity index (χ4v) is 9.30. The lowest BCUT2D eigenvalue weighted by molar-refractivity contribution is -0.00518. The minimum Gasteiger partial charge on any atom is -0.208 e. The molecule has 240 valence electrons. The molecule has 10 rings (SSSR count). The Morgan fingerprint density at radius 1 is 0.400 bits per heavy atom. The highest BCUT2D eigenvalue weighted by atomic mass is 15.0. The van der Waals surface area contributed by atoms with Crippen LogP contribution in [0.2, 0.25) is 0 Å². The van der Waals surface area contributed by atoms with Gasteiger partial charge in [0, 0.05) is 16.7 Å². The molecule has 5 heteroatoms. The zero-order valence-corrected chi connectivity index (χ0v) is 27.8. The molecule has 5 nitrogen and oxygen atoms in total. The van der Waals surface area contributed by atoms with Crippen molar-refractivity contribution in [1.29, 1.82) is 10.5 Å². The molecular formula is C45H35N5. The number of aromatic nitrogens is 3. The van der Waals surface area contributed by atoms with Crippen molar-refractivity contribution in [1.82, 2.24) is 15.0 Å². The third-order valence-corrected chi connectivity index (χ3v) is 11.4. The molecule has 0 radical (unpaired) electrons. The zero-order chi connectivity index (χ0) is 33.7. The van der Waals surface area contributed by atoms with Crippen LogP contribution in [0.1, 0.15) is 55.2 Å². The van der Waals surface area contributed by atoms with Gasteiger partial charge >= 0.3 is 0 Å². The topological polar surface area (TPSA) is 86.2 Å². The zero-order valence-electron chi connectivity index (χ0n) is 27.8. The molecule has 1 aromatic heterocycles. The van der Waals surface area contributed by atoms with Crippen LogP contribution in [0.3, 0.4) is 0 Å². The molecule has 6 aromatic rings. The summed E-state index contributed by atoms with van der Waals surface area (Å²) in [5, 5.41) is 18.4. The molecule has 0 N–H and O–H groups in total. The summed E-state index contributed by atoms with van der Waals surface area (Å²) in [5.74, 6) is 4.62. The molecule has 4 bridgehead atoms. The number of nitriles is 2. The van der Waals surface area contributed by atoms with Crippen LogP contribution in [0.25, 0.3) is 56.4 Å². The minimum absolute atomic E-state index is 0.343. The Kier molecular flexibility index (Phi) is 7.36. The van der Waals surface area contributed by atoms with Crippen molar-refractivity contribution in [2.45, 2.75) is 43.9 Å². The smallest absolute Gasteiger partial charge is 0.164 e. The number of rotatable bonds is 6. The molecular weight excluding hydrogens is 611 g/mol. The van der Waals surface area contributed by atoms with E-state index < -0.39 is 0 Å². The van der Waals surface area contributed by atoms with Crippen LogP contribution in [0.4, 0.5) is 0 Å². The second-order valence-corrected chi connectivity index (χ2v) is 14.6. The third kappa shape index (κ3) is 5.56. The van der Waals surface area contributed by atoms with Crippen LogP contribution < -0.4 is 0 Å². The molecule has 0 unspecified atom stereocenters. The lowest BCUT2D eigenvalue weighted by Gasteiger charge is -2.57. The van der Waals surface area contributed by atoms with Crippen molar-refractivity contribution in [2.75, 3.05) is 0 Å². The molecule has 0 aliphatic heterocycles. The van der Waals surface area contributed by atoms with Crippen LogP contribution in [-0.2, 0) is 5.41 Å². The highest BCUT2D eigenvalue weighted by molar-refractivity contribution is 5.72. The van der Waals surface area contributed by atoms with E-state index in [0.717, 1.165) is 56.7 Å². The van der Waals surface area contributed by atoms with Crippen LogP contribution in [-0.4, -0.2) is 15.0 Å². The first kappa shape index (κ1) is 30.2. The summed E-state index contributed by atoms with van der Waals surface area (Å²) in [4.78, 5) is 15.1. The standard InChI is InChI=1S/C45H35N5/c46-27-29-1-5-34(6-2-29)36-9-13-38(14-10-36)42-48-43(39-15-11-37(12-16-39)35-7-3-30(28-47)4-8-35)50-44(49-42)40-17-19-41(20-18-40)45-24-31-21-32(25-45)23-33(22-31)26-45/h1-20,31-33H,21-26H2. The number of benzene rings is 5. The van der Waals surface area contributed by atoms with Crippen molar-refractivity contribution in [3.05, 3.63) is 138 Å².